The van der Waals surface area contributed by atoms with Gasteiger partial charge < -0.3 is 10.1 Å². The van der Waals surface area contributed by atoms with E-state index in [0.29, 0.717) is 0 Å². The molecule has 4 fully saturated rings. The summed E-state index contributed by atoms with van der Waals surface area (Å²) in [6, 6.07) is 6.35. The summed E-state index contributed by atoms with van der Waals surface area (Å²) in [6.07, 6.45) is 8.77. The first-order chi connectivity index (χ1) is 13.0. The second-order valence-corrected chi connectivity index (χ2v) is 8.82. The van der Waals surface area contributed by atoms with Gasteiger partial charge in [0.1, 0.15) is 0 Å². The Labute approximate surface area is 159 Å². The summed E-state index contributed by atoms with van der Waals surface area (Å²) in [5.41, 5.74) is 0.135. The number of amides is 1. The summed E-state index contributed by atoms with van der Waals surface area (Å²) in [6.45, 7) is 1.96. The minimum atomic E-state index is -0.489. The average molecular weight is 372 g/mol. The lowest BCUT2D eigenvalue weighted by atomic mass is 9.47. The maximum Gasteiger partial charge on any atom is 0.310 e. The largest absolute Gasteiger partial charge is 0.477 e. The van der Waals surface area contributed by atoms with Gasteiger partial charge in [-0.1, -0.05) is 19.1 Å². The summed E-state index contributed by atoms with van der Waals surface area (Å²) < 4.78 is 5.47. The summed E-state index contributed by atoms with van der Waals surface area (Å²) in [4.78, 5) is 23.1. The van der Waals surface area contributed by atoms with Crippen molar-refractivity contribution in [2.24, 2.45) is 23.2 Å². The smallest absolute Gasteiger partial charge is 0.310 e. The van der Waals surface area contributed by atoms with E-state index in [0.717, 1.165) is 24.2 Å². The van der Waals surface area contributed by atoms with Crippen molar-refractivity contribution >= 4 is 11.6 Å². The van der Waals surface area contributed by atoms with Crippen LogP contribution in [-0.4, -0.2) is 23.5 Å². The summed E-state index contributed by atoms with van der Waals surface area (Å²) in [5, 5.41) is 14.3. The van der Waals surface area contributed by atoms with E-state index in [1.807, 2.05) is 0 Å². The highest BCUT2D eigenvalue weighted by molar-refractivity contribution is 5.78. The van der Waals surface area contributed by atoms with Crippen molar-refractivity contribution in [1.82, 2.24) is 5.32 Å². The van der Waals surface area contributed by atoms with Crippen LogP contribution in [0, 0.1) is 33.3 Å². The summed E-state index contributed by atoms with van der Waals surface area (Å²) in [7, 11) is 0. The number of benzene rings is 1. The SMILES string of the molecule is CC[C@@H](NC(=O)COc1ccccc1[N+](=O)[O-])C12CC3CC(CC(C3)C1)C2. The molecule has 0 aliphatic heterocycles. The Morgan fingerprint density at radius 2 is 1.81 bits per heavy atom. The summed E-state index contributed by atoms with van der Waals surface area (Å²) in [5.74, 6) is 2.47. The van der Waals surface area contributed by atoms with Crippen LogP contribution >= 0.6 is 0 Å². The average Bonchev–Trinajstić information content (AvgIpc) is 2.63. The van der Waals surface area contributed by atoms with Gasteiger partial charge in [-0.25, -0.2) is 0 Å². The molecule has 0 aromatic heterocycles. The highest BCUT2D eigenvalue weighted by Crippen LogP contribution is 2.61. The Morgan fingerprint density at radius 1 is 1.22 bits per heavy atom. The van der Waals surface area contributed by atoms with Gasteiger partial charge in [0.15, 0.2) is 12.4 Å². The molecule has 0 spiro atoms. The molecule has 27 heavy (non-hydrogen) atoms. The van der Waals surface area contributed by atoms with Crippen LogP contribution in [0.2, 0.25) is 0 Å². The molecule has 0 heterocycles. The van der Waals surface area contributed by atoms with Crippen molar-refractivity contribution in [3.63, 3.8) is 0 Å². The topological polar surface area (TPSA) is 81.5 Å². The maximum absolute atomic E-state index is 12.6. The molecule has 1 N–H and O–H groups in total. The van der Waals surface area contributed by atoms with E-state index >= 15 is 0 Å². The molecule has 5 rings (SSSR count). The highest BCUT2D eigenvalue weighted by Gasteiger charge is 2.54. The van der Waals surface area contributed by atoms with E-state index in [9.17, 15) is 14.9 Å². The van der Waals surface area contributed by atoms with Gasteiger partial charge in [-0.15, -0.1) is 0 Å². The lowest BCUT2D eigenvalue weighted by molar-refractivity contribution is -0.385. The fraction of sp³-hybridized carbons (Fsp3) is 0.667. The number of nitrogens with one attached hydrogen (secondary N) is 1. The fourth-order valence-electron chi connectivity index (χ4n) is 6.40. The van der Waals surface area contributed by atoms with Crippen molar-refractivity contribution in [2.75, 3.05) is 6.61 Å². The zero-order chi connectivity index (χ0) is 19.0. The number of ether oxygens (including phenoxy) is 1. The van der Waals surface area contributed by atoms with Crippen LogP contribution in [0.1, 0.15) is 51.9 Å². The third kappa shape index (κ3) is 3.54. The molecule has 0 unspecified atom stereocenters. The number of carbonyl (C=O) groups excluding carboxylic acids is 1. The van der Waals surface area contributed by atoms with Gasteiger partial charge in [-0.2, -0.15) is 0 Å². The minimum absolute atomic E-state index is 0.113. The molecule has 1 atom stereocenters. The number of carbonyl (C=O) groups is 1. The molecule has 0 radical (unpaired) electrons. The molecule has 6 heteroatoms. The number of nitro groups is 1. The van der Waals surface area contributed by atoms with Crippen molar-refractivity contribution in [2.45, 2.75) is 57.9 Å². The number of hydrogen-bond donors (Lipinski definition) is 1. The number of hydrogen-bond acceptors (Lipinski definition) is 4. The zero-order valence-corrected chi connectivity index (χ0v) is 15.9. The molecule has 1 aromatic rings. The van der Waals surface area contributed by atoms with Crippen LogP contribution in [0.5, 0.6) is 5.75 Å². The van der Waals surface area contributed by atoms with Gasteiger partial charge in [0.25, 0.3) is 5.91 Å². The van der Waals surface area contributed by atoms with Gasteiger partial charge in [0, 0.05) is 12.1 Å². The van der Waals surface area contributed by atoms with E-state index in [2.05, 4.69) is 12.2 Å². The van der Waals surface area contributed by atoms with Crippen LogP contribution in [0.15, 0.2) is 24.3 Å². The Hall–Kier alpha value is -2.11. The molecule has 1 amide bonds. The predicted molar refractivity (Wildman–Crippen MR) is 101 cm³/mol. The third-order valence-corrected chi connectivity index (χ3v) is 6.99. The molecule has 4 bridgehead atoms. The van der Waals surface area contributed by atoms with Crippen LogP contribution in [-0.2, 0) is 4.79 Å². The Morgan fingerprint density at radius 3 is 2.37 bits per heavy atom. The molecule has 4 saturated carbocycles. The van der Waals surface area contributed by atoms with E-state index in [1.54, 1.807) is 12.1 Å². The molecule has 4 aliphatic rings. The van der Waals surface area contributed by atoms with Crippen molar-refractivity contribution < 1.29 is 14.5 Å². The van der Waals surface area contributed by atoms with Crippen LogP contribution in [0.4, 0.5) is 5.69 Å². The van der Waals surface area contributed by atoms with E-state index in [4.69, 9.17) is 4.74 Å². The maximum atomic E-state index is 12.6. The first-order valence-corrected chi connectivity index (χ1v) is 10.1. The molecule has 146 valence electrons. The van der Waals surface area contributed by atoms with Crippen LogP contribution in [0.3, 0.4) is 0 Å². The lowest BCUT2D eigenvalue weighted by Crippen LogP contribution is -2.57. The number of nitrogens with zero attached hydrogens (tertiary/aromatic N) is 1. The second-order valence-electron chi connectivity index (χ2n) is 8.82. The Balaban J connectivity index is 1.39. The van der Waals surface area contributed by atoms with Crippen molar-refractivity contribution in [3.8, 4) is 5.75 Å². The first kappa shape index (κ1) is 18.3. The quantitative estimate of drug-likeness (QED) is 0.577. The van der Waals surface area contributed by atoms with Gasteiger partial charge in [-0.05, 0) is 74.2 Å². The predicted octanol–water partition coefficient (Wildman–Crippen LogP) is 4.08. The monoisotopic (exact) mass is 372 g/mol. The van der Waals surface area contributed by atoms with Gasteiger partial charge in [-0.3, -0.25) is 14.9 Å². The molecule has 1 aromatic carbocycles. The van der Waals surface area contributed by atoms with E-state index in [-0.39, 0.29) is 35.4 Å². The molecule has 4 aliphatic carbocycles. The molecule has 6 nitrogen and oxygen atoms in total. The third-order valence-electron chi connectivity index (χ3n) is 6.99. The van der Waals surface area contributed by atoms with Crippen LogP contribution < -0.4 is 10.1 Å². The lowest BCUT2D eigenvalue weighted by Gasteiger charge is -2.59. The highest BCUT2D eigenvalue weighted by atomic mass is 16.6. The fourth-order valence-corrected chi connectivity index (χ4v) is 6.40. The normalized spacial score (nSPS) is 32.1. The van der Waals surface area contributed by atoms with Gasteiger partial charge >= 0.3 is 5.69 Å². The molecule has 0 saturated heterocycles. The number of para-hydroxylation sites is 2. The standard InChI is InChI=1S/C21H28N2O4/c1-2-19(21-10-14-7-15(11-21)9-16(8-14)12-21)22-20(24)13-27-18-6-4-3-5-17(18)23(25)26/h3-6,14-16,19H,2,7-13H2,1H3,(H,22,24)/t14?,15?,16?,19-,21?/m1/s1. The van der Waals surface area contributed by atoms with Gasteiger partial charge in [0.2, 0.25) is 0 Å². The zero-order valence-electron chi connectivity index (χ0n) is 15.9. The first-order valence-electron chi connectivity index (χ1n) is 10.1. The minimum Gasteiger partial charge on any atom is -0.477 e. The Kier molecular flexibility index (Phi) is 4.82. The second kappa shape index (κ2) is 7.13. The van der Waals surface area contributed by atoms with Crippen LogP contribution in [0.25, 0.3) is 0 Å². The van der Waals surface area contributed by atoms with E-state index in [1.165, 1.54) is 50.7 Å². The number of nitro benzene ring substituents is 1. The van der Waals surface area contributed by atoms with Crippen molar-refractivity contribution in [1.29, 1.82) is 0 Å². The van der Waals surface area contributed by atoms with Crippen molar-refractivity contribution in [3.05, 3.63) is 34.4 Å². The summed E-state index contributed by atoms with van der Waals surface area (Å²) >= 11 is 0. The Bertz CT molecular complexity index is 697. The van der Waals surface area contributed by atoms with Gasteiger partial charge in [0.05, 0.1) is 4.92 Å². The molecular formula is C21H28N2O4. The van der Waals surface area contributed by atoms with E-state index < -0.39 is 4.92 Å². The number of rotatable bonds is 7. The molecular weight excluding hydrogens is 344 g/mol.